The lowest BCUT2D eigenvalue weighted by molar-refractivity contribution is 0.0511. The van der Waals surface area contributed by atoms with Crippen LogP contribution in [0.1, 0.15) is 80.4 Å². The van der Waals surface area contributed by atoms with Gasteiger partial charge in [-0.2, -0.15) is 0 Å². The largest absolute Gasteiger partial charge is 0.508 e. The van der Waals surface area contributed by atoms with Crippen LogP contribution in [0.15, 0.2) is 6.07 Å². The van der Waals surface area contributed by atoms with Crippen LogP contribution < -0.4 is 10.1 Å². The average Bonchev–Trinajstić information content (AvgIpc) is 2.66. The van der Waals surface area contributed by atoms with E-state index in [0.717, 1.165) is 51.1 Å². The molecule has 1 aromatic carbocycles. The molecule has 150 valence electrons. The Hall–Kier alpha value is -1.26. The summed E-state index contributed by atoms with van der Waals surface area (Å²) in [6, 6.07) is 2.01. The highest BCUT2D eigenvalue weighted by molar-refractivity contribution is 5.59. The molecule has 0 amide bonds. The van der Waals surface area contributed by atoms with Crippen molar-refractivity contribution < 1.29 is 9.84 Å². The Morgan fingerprint density at radius 2 is 1.85 bits per heavy atom. The van der Waals surface area contributed by atoms with Gasteiger partial charge in [0.15, 0.2) is 0 Å². The van der Waals surface area contributed by atoms with Gasteiger partial charge in [-0.15, -0.1) is 0 Å². The molecular weight excluding hydrogens is 336 g/mol. The van der Waals surface area contributed by atoms with Gasteiger partial charge in [0.05, 0.1) is 0 Å². The van der Waals surface area contributed by atoms with Crippen molar-refractivity contribution in [3.63, 3.8) is 0 Å². The summed E-state index contributed by atoms with van der Waals surface area (Å²) in [5.74, 6) is 2.83. The second-order valence-electron chi connectivity index (χ2n) is 9.47. The lowest BCUT2D eigenvalue weighted by atomic mass is 9.65. The summed E-state index contributed by atoms with van der Waals surface area (Å²) >= 11 is 0. The zero-order chi connectivity index (χ0) is 19.0. The number of nitrogens with zero attached hydrogens (tertiary/aromatic N) is 1. The maximum absolute atomic E-state index is 10.7. The first-order chi connectivity index (χ1) is 13.0. The number of rotatable bonds is 7. The average molecular weight is 373 g/mol. The van der Waals surface area contributed by atoms with Crippen LogP contribution in [0, 0.1) is 0 Å². The highest BCUT2D eigenvalue weighted by Gasteiger charge is 2.41. The third kappa shape index (κ3) is 3.84. The predicted octanol–water partition coefficient (Wildman–Crippen LogP) is 4.16. The van der Waals surface area contributed by atoms with Crippen LogP contribution in [-0.2, 0) is 6.42 Å². The van der Waals surface area contributed by atoms with Crippen LogP contribution in [-0.4, -0.2) is 49.3 Å². The number of aryl methyl sites for hydroxylation is 1. The van der Waals surface area contributed by atoms with E-state index in [0.29, 0.717) is 17.6 Å². The molecule has 1 saturated carbocycles. The Balaban J connectivity index is 1.44. The smallest absolute Gasteiger partial charge is 0.127 e. The minimum atomic E-state index is -0.0718. The molecule has 4 aliphatic rings. The van der Waals surface area contributed by atoms with Gasteiger partial charge in [-0.3, -0.25) is 0 Å². The monoisotopic (exact) mass is 372 g/mol. The zero-order valence-corrected chi connectivity index (χ0v) is 17.3. The fourth-order valence-corrected chi connectivity index (χ4v) is 5.44. The molecule has 5 rings (SSSR count). The van der Waals surface area contributed by atoms with Crippen molar-refractivity contribution in [2.45, 2.75) is 75.7 Å². The number of phenols is 1. The fraction of sp³-hybridized carbons (Fsp3) is 0.739. The van der Waals surface area contributed by atoms with Gasteiger partial charge < -0.3 is 20.1 Å². The van der Waals surface area contributed by atoms with E-state index in [2.05, 4.69) is 31.2 Å². The molecule has 4 heteroatoms. The van der Waals surface area contributed by atoms with Crippen molar-refractivity contribution in [3.8, 4) is 11.5 Å². The Bertz CT molecular complexity index is 679. The summed E-state index contributed by atoms with van der Waals surface area (Å²) in [4.78, 5) is 2.21. The first-order valence-electron chi connectivity index (χ1n) is 10.9. The maximum atomic E-state index is 10.7. The van der Waals surface area contributed by atoms with E-state index in [-0.39, 0.29) is 5.60 Å². The molecule has 0 aromatic heterocycles. The van der Waals surface area contributed by atoms with E-state index >= 15 is 0 Å². The molecule has 1 aromatic rings. The summed E-state index contributed by atoms with van der Waals surface area (Å²) in [7, 11) is 4.22. The summed E-state index contributed by atoms with van der Waals surface area (Å²) in [6.45, 7) is 5.47. The van der Waals surface area contributed by atoms with Crippen LogP contribution >= 0.6 is 0 Å². The quantitative estimate of drug-likeness (QED) is 0.706. The molecular formula is C23H36N2O2. The number of phenolic OH excluding ortho intramolecular Hbond substituents is 1. The first-order valence-corrected chi connectivity index (χ1v) is 10.9. The van der Waals surface area contributed by atoms with Crippen molar-refractivity contribution in [3.05, 3.63) is 22.8 Å². The molecule has 3 aliphatic carbocycles. The number of aromatic hydroxyl groups is 1. The van der Waals surface area contributed by atoms with Gasteiger partial charge in [0.1, 0.15) is 17.1 Å². The van der Waals surface area contributed by atoms with Crippen LogP contribution in [0.5, 0.6) is 11.5 Å². The van der Waals surface area contributed by atoms with E-state index in [9.17, 15) is 5.11 Å². The lowest BCUT2D eigenvalue weighted by Crippen LogP contribution is -2.38. The van der Waals surface area contributed by atoms with Crippen molar-refractivity contribution in [1.29, 1.82) is 0 Å². The van der Waals surface area contributed by atoms with Crippen LogP contribution in [0.3, 0.4) is 0 Å². The predicted molar refractivity (Wildman–Crippen MR) is 110 cm³/mol. The molecule has 27 heavy (non-hydrogen) atoms. The maximum Gasteiger partial charge on any atom is 0.127 e. The number of fused-ring (bicyclic) bond motifs is 3. The molecule has 1 unspecified atom stereocenters. The first kappa shape index (κ1) is 19.1. The van der Waals surface area contributed by atoms with Gasteiger partial charge in [0, 0.05) is 24.2 Å². The number of benzene rings is 1. The third-order valence-corrected chi connectivity index (χ3v) is 7.02. The number of hydrogen-bond acceptors (Lipinski definition) is 4. The molecule has 0 radical (unpaired) electrons. The highest BCUT2D eigenvalue weighted by Crippen LogP contribution is 2.57. The van der Waals surface area contributed by atoms with Crippen LogP contribution in [0.2, 0.25) is 0 Å². The molecule has 1 fully saturated rings. The van der Waals surface area contributed by atoms with Gasteiger partial charge in [0.25, 0.3) is 0 Å². The van der Waals surface area contributed by atoms with Crippen molar-refractivity contribution in [2.24, 2.45) is 0 Å². The van der Waals surface area contributed by atoms with Gasteiger partial charge in [-0.1, -0.05) is 0 Å². The summed E-state index contributed by atoms with van der Waals surface area (Å²) in [5, 5.41) is 14.2. The molecule has 1 heterocycles. The van der Waals surface area contributed by atoms with Gasteiger partial charge >= 0.3 is 0 Å². The Morgan fingerprint density at radius 3 is 2.56 bits per heavy atom. The van der Waals surface area contributed by atoms with Gasteiger partial charge in [0.2, 0.25) is 0 Å². The van der Waals surface area contributed by atoms with Gasteiger partial charge in [-0.25, -0.2) is 0 Å². The Morgan fingerprint density at radius 1 is 1.15 bits per heavy atom. The minimum Gasteiger partial charge on any atom is -0.508 e. The molecule has 1 aliphatic heterocycles. The van der Waals surface area contributed by atoms with Crippen molar-refractivity contribution in [2.75, 3.05) is 33.7 Å². The standard InChI is InChI=1S/C23H36N2O2/c1-23(10-4-12-24-13-14-25(2)3)11-9-18-15-19(26)20-16-5-7-17(8-6-16)21(20)22(18)27-23/h15-17,24,26H,4-14H2,1-3H3. The molecule has 4 nitrogen and oxygen atoms in total. The summed E-state index contributed by atoms with van der Waals surface area (Å²) in [5.41, 5.74) is 3.77. The van der Waals surface area contributed by atoms with E-state index in [4.69, 9.17) is 4.74 Å². The van der Waals surface area contributed by atoms with Gasteiger partial charge in [-0.05, 0) is 102 Å². The number of hydrogen-bond donors (Lipinski definition) is 2. The third-order valence-electron chi connectivity index (χ3n) is 7.02. The van der Waals surface area contributed by atoms with E-state index in [1.165, 1.54) is 42.4 Å². The van der Waals surface area contributed by atoms with Crippen molar-refractivity contribution >= 4 is 0 Å². The van der Waals surface area contributed by atoms with Crippen LogP contribution in [0.25, 0.3) is 0 Å². The van der Waals surface area contributed by atoms with E-state index < -0.39 is 0 Å². The summed E-state index contributed by atoms with van der Waals surface area (Å²) in [6.07, 6.45) is 9.31. The number of nitrogens with one attached hydrogen (secondary N) is 1. The van der Waals surface area contributed by atoms with Crippen LogP contribution in [0.4, 0.5) is 0 Å². The summed E-state index contributed by atoms with van der Waals surface area (Å²) < 4.78 is 6.72. The Labute approximate surface area is 164 Å². The topological polar surface area (TPSA) is 44.7 Å². The molecule has 0 spiro atoms. The molecule has 2 N–H and O–H groups in total. The molecule has 1 atom stereocenters. The second-order valence-corrected chi connectivity index (χ2v) is 9.47. The van der Waals surface area contributed by atoms with Crippen molar-refractivity contribution in [1.82, 2.24) is 10.2 Å². The number of ether oxygens (including phenoxy) is 1. The highest BCUT2D eigenvalue weighted by atomic mass is 16.5. The zero-order valence-electron chi connectivity index (χ0n) is 17.3. The fourth-order valence-electron chi connectivity index (χ4n) is 5.44. The number of likely N-dealkylation sites (N-methyl/N-ethyl adjacent to an activating group) is 1. The molecule has 2 bridgehead atoms. The minimum absolute atomic E-state index is 0.0718. The SMILES string of the molecule is CN(C)CCNCCCC1(C)CCc2cc(O)c3c(c2O1)C1CCC3CC1. The normalized spacial score (nSPS) is 28.7. The molecule has 0 saturated heterocycles. The lowest BCUT2D eigenvalue weighted by Gasteiger charge is -2.44. The second kappa shape index (κ2) is 7.63. The Kier molecular flexibility index (Phi) is 5.39. The van der Waals surface area contributed by atoms with E-state index in [1.807, 2.05) is 6.07 Å². The van der Waals surface area contributed by atoms with E-state index in [1.54, 1.807) is 0 Å².